The molecule has 2 rings (SSSR count). The molecule has 0 radical (unpaired) electrons. The normalized spacial score (nSPS) is 36.6. The number of guanidine groups is 1. The molecule has 6 N–H and O–H groups in total. The molecule has 2 heterocycles. The van der Waals surface area contributed by atoms with Crippen LogP contribution in [0.4, 0.5) is 0 Å². The van der Waals surface area contributed by atoms with Crippen LogP contribution >= 0.6 is 0 Å². The Balaban J connectivity index is 2.07. The maximum atomic E-state index is 9.47. The molecule has 8 nitrogen and oxygen atoms in total. The smallest absolute Gasteiger partial charge is 0.224 e. The number of nitrogens with two attached hydrogens (primary N) is 2. The summed E-state index contributed by atoms with van der Waals surface area (Å²) in [6, 6.07) is 0. The van der Waals surface area contributed by atoms with Gasteiger partial charge in [0.1, 0.15) is 6.10 Å². The van der Waals surface area contributed by atoms with Crippen molar-refractivity contribution in [3.05, 3.63) is 0 Å². The van der Waals surface area contributed by atoms with Crippen molar-refractivity contribution in [2.75, 3.05) is 6.61 Å². The van der Waals surface area contributed by atoms with Gasteiger partial charge in [-0.15, -0.1) is 0 Å². The highest BCUT2D eigenvalue weighted by atomic mass is 16.5. The number of hydrogen-bond donors (Lipinski definition) is 4. The molecule has 0 saturated carbocycles. The third-order valence-corrected chi connectivity index (χ3v) is 2.33. The number of ether oxygens (including phenoxy) is 1. The SMILES string of the molecule is NC1=NC(=N[C@@H]2C[C@H](O)[C@@H](CO)O2)C(N)=N1. The number of rotatable bonds is 2. The standard InChI is InChI=1S/C8H13N5O3/c9-6-7(13-8(10)12-6)11-5-1-3(15)4(2-14)16-5/h3-5,14-15H,1-2H2,(H4,9,10,11,12,13)/t3-,4+,5-/m0/s1. The van der Waals surface area contributed by atoms with Crippen LogP contribution in [-0.2, 0) is 4.74 Å². The second-order valence-corrected chi connectivity index (χ2v) is 3.53. The summed E-state index contributed by atoms with van der Waals surface area (Å²) in [5.74, 6) is 0.379. The Kier molecular flexibility index (Phi) is 2.86. The molecule has 16 heavy (non-hydrogen) atoms. The van der Waals surface area contributed by atoms with Gasteiger partial charge in [0.15, 0.2) is 17.9 Å². The predicted octanol–water partition coefficient (Wildman–Crippen LogP) is -2.46. The minimum atomic E-state index is -0.736. The average molecular weight is 227 g/mol. The van der Waals surface area contributed by atoms with E-state index < -0.39 is 18.4 Å². The zero-order valence-electron chi connectivity index (χ0n) is 8.45. The minimum Gasteiger partial charge on any atom is -0.394 e. The second-order valence-electron chi connectivity index (χ2n) is 3.53. The van der Waals surface area contributed by atoms with Crippen molar-refractivity contribution in [3.63, 3.8) is 0 Å². The van der Waals surface area contributed by atoms with Crippen LogP contribution in [0.2, 0.25) is 0 Å². The summed E-state index contributed by atoms with van der Waals surface area (Å²) in [5, 5.41) is 18.4. The van der Waals surface area contributed by atoms with Crippen LogP contribution in [0.25, 0.3) is 0 Å². The van der Waals surface area contributed by atoms with Gasteiger partial charge in [0, 0.05) is 6.42 Å². The molecule has 0 bridgehead atoms. The third kappa shape index (κ3) is 2.03. The molecule has 2 aliphatic rings. The first kappa shape index (κ1) is 11.0. The van der Waals surface area contributed by atoms with E-state index in [0.29, 0.717) is 0 Å². The largest absolute Gasteiger partial charge is 0.394 e. The summed E-state index contributed by atoms with van der Waals surface area (Å²) in [6.45, 7) is -0.252. The second kappa shape index (κ2) is 4.16. The predicted molar refractivity (Wildman–Crippen MR) is 57.1 cm³/mol. The van der Waals surface area contributed by atoms with Gasteiger partial charge < -0.3 is 26.4 Å². The van der Waals surface area contributed by atoms with Crippen molar-refractivity contribution < 1.29 is 14.9 Å². The van der Waals surface area contributed by atoms with Crippen molar-refractivity contribution >= 4 is 17.6 Å². The lowest BCUT2D eigenvalue weighted by Crippen LogP contribution is -2.24. The number of amidine groups is 2. The van der Waals surface area contributed by atoms with E-state index in [0.717, 1.165) is 0 Å². The van der Waals surface area contributed by atoms with Crippen molar-refractivity contribution in [2.45, 2.75) is 24.9 Å². The lowest BCUT2D eigenvalue weighted by Gasteiger charge is -2.09. The Morgan fingerprint density at radius 1 is 1.44 bits per heavy atom. The Hall–Kier alpha value is -1.51. The molecule has 88 valence electrons. The number of aliphatic imine (C=N–C) groups is 3. The molecule has 2 aliphatic heterocycles. The highest BCUT2D eigenvalue weighted by Gasteiger charge is 2.33. The van der Waals surface area contributed by atoms with E-state index in [1.807, 2.05) is 0 Å². The number of aliphatic hydroxyl groups excluding tert-OH is 2. The third-order valence-electron chi connectivity index (χ3n) is 2.33. The lowest BCUT2D eigenvalue weighted by atomic mass is 10.2. The van der Waals surface area contributed by atoms with Gasteiger partial charge in [-0.05, 0) is 0 Å². The molecule has 3 atom stereocenters. The monoisotopic (exact) mass is 227 g/mol. The quantitative estimate of drug-likeness (QED) is 0.414. The van der Waals surface area contributed by atoms with E-state index in [2.05, 4.69) is 15.0 Å². The summed E-state index contributed by atoms with van der Waals surface area (Å²) in [6.07, 6.45) is -1.64. The van der Waals surface area contributed by atoms with Crippen molar-refractivity contribution in [1.82, 2.24) is 0 Å². The zero-order chi connectivity index (χ0) is 11.7. The Bertz CT molecular complexity index is 378. The molecule has 0 aromatic carbocycles. The molecule has 0 amide bonds. The Labute approximate surface area is 91.3 Å². The van der Waals surface area contributed by atoms with Crippen molar-refractivity contribution in [3.8, 4) is 0 Å². The fraction of sp³-hybridized carbons (Fsp3) is 0.625. The van der Waals surface area contributed by atoms with Crippen LogP contribution in [0.3, 0.4) is 0 Å². The first-order valence-corrected chi connectivity index (χ1v) is 4.81. The number of nitrogens with zero attached hydrogens (tertiary/aromatic N) is 3. The van der Waals surface area contributed by atoms with Gasteiger partial charge in [-0.3, -0.25) is 0 Å². The van der Waals surface area contributed by atoms with Gasteiger partial charge in [0.25, 0.3) is 0 Å². The molecule has 0 spiro atoms. The van der Waals surface area contributed by atoms with E-state index in [-0.39, 0.29) is 30.7 Å². The molecule has 1 saturated heterocycles. The Morgan fingerprint density at radius 3 is 2.69 bits per heavy atom. The van der Waals surface area contributed by atoms with Crippen LogP contribution in [-0.4, -0.2) is 52.9 Å². The van der Waals surface area contributed by atoms with Gasteiger partial charge in [-0.25, -0.2) is 4.99 Å². The summed E-state index contributed by atoms with van der Waals surface area (Å²) >= 11 is 0. The summed E-state index contributed by atoms with van der Waals surface area (Å²) < 4.78 is 5.26. The number of hydrogen-bond acceptors (Lipinski definition) is 7. The molecule has 0 aliphatic carbocycles. The molecule has 0 aromatic rings. The van der Waals surface area contributed by atoms with Gasteiger partial charge in [0.05, 0.1) is 12.7 Å². The van der Waals surface area contributed by atoms with E-state index in [9.17, 15) is 5.11 Å². The van der Waals surface area contributed by atoms with Crippen LogP contribution in [0, 0.1) is 0 Å². The number of aliphatic hydroxyl groups is 2. The fourth-order valence-corrected chi connectivity index (χ4v) is 1.55. The van der Waals surface area contributed by atoms with E-state index in [4.69, 9.17) is 21.3 Å². The maximum absolute atomic E-state index is 9.47. The first-order valence-electron chi connectivity index (χ1n) is 4.81. The van der Waals surface area contributed by atoms with Crippen LogP contribution in [0.15, 0.2) is 15.0 Å². The Morgan fingerprint density at radius 2 is 2.19 bits per heavy atom. The van der Waals surface area contributed by atoms with E-state index >= 15 is 0 Å². The topological polar surface area (TPSA) is 139 Å². The van der Waals surface area contributed by atoms with Crippen LogP contribution in [0.1, 0.15) is 6.42 Å². The van der Waals surface area contributed by atoms with Gasteiger partial charge >= 0.3 is 0 Å². The molecule has 8 heteroatoms. The maximum Gasteiger partial charge on any atom is 0.224 e. The van der Waals surface area contributed by atoms with Crippen molar-refractivity contribution in [2.24, 2.45) is 26.4 Å². The molecule has 1 fully saturated rings. The molecule has 0 unspecified atom stereocenters. The van der Waals surface area contributed by atoms with Gasteiger partial charge in [-0.1, -0.05) is 0 Å². The lowest BCUT2D eigenvalue weighted by molar-refractivity contribution is -0.0193. The minimum absolute atomic E-state index is 0.0495. The molecule has 0 aromatic heterocycles. The molecular weight excluding hydrogens is 214 g/mol. The molecular formula is C8H13N5O3. The summed E-state index contributed by atoms with van der Waals surface area (Å²) in [4.78, 5) is 11.6. The fourth-order valence-electron chi connectivity index (χ4n) is 1.55. The van der Waals surface area contributed by atoms with Crippen LogP contribution in [0.5, 0.6) is 0 Å². The van der Waals surface area contributed by atoms with Crippen LogP contribution < -0.4 is 11.5 Å². The average Bonchev–Trinajstić information content (AvgIpc) is 2.71. The zero-order valence-corrected chi connectivity index (χ0v) is 8.45. The van der Waals surface area contributed by atoms with E-state index in [1.54, 1.807) is 0 Å². The summed E-state index contributed by atoms with van der Waals surface area (Å²) in [7, 11) is 0. The van der Waals surface area contributed by atoms with Crippen molar-refractivity contribution in [1.29, 1.82) is 0 Å². The highest BCUT2D eigenvalue weighted by Crippen LogP contribution is 2.21. The van der Waals surface area contributed by atoms with Gasteiger partial charge in [0.2, 0.25) is 5.96 Å². The van der Waals surface area contributed by atoms with E-state index in [1.165, 1.54) is 0 Å². The first-order chi connectivity index (χ1) is 7.60. The highest BCUT2D eigenvalue weighted by molar-refractivity contribution is 6.46. The summed E-state index contributed by atoms with van der Waals surface area (Å²) in [5.41, 5.74) is 10.8. The van der Waals surface area contributed by atoms with Gasteiger partial charge in [-0.2, -0.15) is 9.98 Å².